The molecule has 1 aliphatic rings. The fourth-order valence-corrected chi connectivity index (χ4v) is 5.01. The maximum absolute atomic E-state index is 11.7. The lowest BCUT2D eigenvalue weighted by atomic mass is 9.89. The number of hydrogen-bond donors (Lipinski definition) is 2. The van der Waals surface area contributed by atoms with Crippen LogP contribution in [0.25, 0.3) is 11.1 Å². The molecule has 0 aromatic heterocycles. The summed E-state index contributed by atoms with van der Waals surface area (Å²) in [5.41, 5.74) is 2.95. The van der Waals surface area contributed by atoms with Crippen LogP contribution in [0.5, 0.6) is 5.75 Å². The standard InChI is InChI=1S/C24H32N2O5S/c1-16(25-19-8-10-20(11-9-19)26(2)24(27)28)22-15-18(7-14-23(22)31-3)17-5-12-21(13-6-17)32(4,29)30/h5-7,12-16,19-20,25H,8-11H2,1-4H3,(H,27,28). The van der Waals surface area contributed by atoms with Gasteiger partial charge in [0.2, 0.25) is 0 Å². The Morgan fingerprint density at radius 3 is 2.22 bits per heavy atom. The summed E-state index contributed by atoms with van der Waals surface area (Å²) in [5.74, 6) is 0.792. The number of carboxylic acid groups (broad SMARTS) is 1. The predicted octanol–water partition coefficient (Wildman–Crippen LogP) is 4.34. The van der Waals surface area contributed by atoms with Crippen LogP contribution in [0.15, 0.2) is 47.4 Å². The van der Waals surface area contributed by atoms with Gasteiger partial charge < -0.3 is 20.1 Å². The molecule has 1 aliphatic carbocycles. The molecular formula is C24H32N2O5S. The van der Waals surface area contributed by atoms with E-state index in [0.717, 1.165) is 48.1 Å². The Balaban J connectivity index is 1.74. The molecule has 2 N–H and O–H groups in total. The molecular weight excluding hydrogens is 428 g/mol. The summed E-state index contributed by atoms with van der Waals surface area (Å²) in [5, 5.41) is 12.9. The first-order valence-electron chi connectivity index (χ1n) is 10.8. The lowest BCUT2D eigenvalue weighted by Gasteiger charge is -2.35. The first-order chi connectivity index (χ1) is 15.1. The number of carbonyl (C=O) groups is 1. The third kappa shape index (κ3) is 5.61. The van der Waals surface area contributed by atoms with Gasteiger partial charge in [0.15, 0.2) is 9.84 Å². The molecule has 0 saturated heterocycles. The monoisotopic (exact) mass is 460 g/mol. The summed E-state index contributed by atoms with van der Waals surface area (Å²) in [6, 6.07) is 13.3. The van der Waals surface area contributed by atoms with Crippen molar-refractivity contribution in [1.29, 1.82) is 0 Å². The van der Waals surface area contributed by atoms with E-state index < -0.39 is 15.9 Å². The van der Waals surface area contributed by atoms with Gasteiger partial charge in [0, 0.05) is 37.0 Å². The summed E-state index contributed by atoms with van der Waals surface area (Å²) in [4.78, 5) is 12.9. The topological polar surface area (TPSA) is 95.9 Å². The molecule has 1 fully saturated rings. The Bertz CT molecular complexity index is 1040. The fourth-order valence-electron chi connectivity index (χ4n) is 4.38. The molecule has 1 saturated carbocycles. The van der Waals surface area contributed by atoms with Crippen LogP contribution in [0.2, 0.25) is 0 Å². The van der Waals surface area contributed by atoms with Gasteiger partial charge in [0.05, 0.1) is 12.0 Å². The van der Waals surface area contributed by atoms with Gasteiger partial charge in [0.25, 0.3) is 0 Å². The van der Waals surface area contributed by atoms with Crippen molar-refractivity contribution in [3.63, 3.8) is 0 Å². The SMILES string of the molecule is COc1ccc(-c2ccc(S(C)(=O)=O)cc2)cc1C(C)NC1CCC(N(C)C(=O)O)CC1. The quantitative estimate of drug-likeness (QED) is 0.638. The number of rotatable bonds is 7. The van der Waals surface area contributed by atoms with Gasteiger partial charge >= 0.3 is 6.09 Å². The number of benzene rings is 2. The highest BCUT2D eigenvalue weighted by Crippen LogP contribution is 2.33. The van der Waals surface area contributed by atoms with Gasteiger partial charge in [-0.25, -0.2) is 13.2 Å². The minimum absolute atomic E-state index is 0.0407. The van der Waals surface area contributed by atoms with Crippen LogP contribution in [0.1, 0.15) is 44.2 Å². The zero-order valence-corrected chi connectivity index (χ0v) is 19.9. The lowest BCUT2D eigenvalue weighted by Crippen LogP contribution is -2.43. The average molecular weight is 461 g/mol. The summed E-state index contributed by atoms with van der Waals surface area (Å²) in [6.45, 7) is 2.10. The molecule has 7 nitrogen and oxygen atoms in total. The van der Waals surface area contributed by atoms with E-state index in [1.165, 1.54) is 11.2 Å². The van der Waals surface area contributed by atoms with E-state index in [2.05, 4.69) is 18.3 Å². The van der Waals surface area contributed by atoms with Crippen molar-refractivity contribution in [2.24, 2.45) is 0 Å². The number of nitrogens with zero attached hydrogens (tertiary/aromatic N) is 1. The van der Waals surface area contributed by atoms with Crippen molar-refractivity contribution in [1.82, 2.24) is 10.2 Å². The zero-order valence-electron chi connectivity index (χ0n) is 19.0. The maximum atomic E-state index is 11.7. The smallest absolute Gasteiger partial charge is 0.407 e. The van der Waals surface area contributed by atoms with Crippen molar-refractivity contribution in [3.8, 4) is 16.9 Å². The summed E-state index contributed by atoms with van der Waals surface area (Å²) < 4.78 is 29.1. The number of amides is 1. The van der Waals surface area contributed by atoms with Gasteiger partial charge in [-0.2, -0.15) is 0 Å². The zero-order chi connectivity index (χ0) is 23.5. The second-order valence-electron chi connectivity index (χ2n) is 8.54. The van der Waals surface area contributed by atoms with Crippen molar-refractivity contribution in [2.45, 2.75) is 55.6 Å². The molecule has 0 heterocycles. The molecule has 0 bridgehead atoms. The second-order valence-corrected chi connectivity index (χ2v) is 10.6. The summed E-state index contributed by atoms with van der Waals surface area (Å²) in [6.07, 6.45) is 3.85. The van der Waals surface area contributed by atoms with E-state index >= 15 is 0 Å². The Hall–Kier alpha value is -2.58. The Morgan fingerprint density at radius 2 is 1.69 bits per heavy atom. The first kappa shape index (κ1) is 24.1. The van der Waals surface area contributed by atoms with Crippen LogP contribution in [0.4, 0.5) is 4.79 Å². The predicted molar refractivity (Wildman–Crippen MR) is 125 cm³/mol. The highest BCUT2D eigenvalue weighted by atomic mass is 32.2. The Kier molecular flexibility index (Phi) is 7.46. The van der Waals surface area contributed by atoms with Crippen LogP contribution < -0.4 is 10.1 Å². The van der Waals surface area contributed by atoms with Crippen LogP contribution in [0.3, 0.4) is 0 Å². The lowest BCUT2D eigenvalue weighted by molar-refractivity contribution is 0.121. The Labute approximate surface area is 190 Å². The molecule has 1 unspecified atom stereocenters. The van der Waals surface area contributed by atoms with Gasteiger partial charge in [-0.15, -0.1) is 0 Å². The largest absolute Gasteiger partial charge is 0.496 e. The van der Waals surface area contributed by atoms with Gasteiger partial charge in [-0.05, 0) is 68.0 Å². The summed E-state index contributed by atoms with van der Waals surface area (Å²) >= 11 is 0. The molecule has 3 rings (SSSR count). The normalized spacial score (nSPS) is 19.9. The van der Waals surface area contributed by atoms with Crippen molar-refractivity contribution in [3.05, 3.63) is 48.0 Å². The van der Waals surface area contributed by atoms with Crippen LogP contribution in [-0.2, 0) is 9.84 Å². The summed E-state index contributed by atoms with van der Waals surface area (Å²) in [7, 11) is 0.0627. The third-order valence-electron chi connectivity index (χ3n) is 6.34. The number of methoxy groups -OCH3 is 1. The number of ether oxygens (including phenoxy) is 1. The third-order valence-corrected chi connectivity index (χ3v) is 7.47. The molecule has 0 spiro atoms. The highest BCUT2D eigenvalue weighted by Gasteiger charge is 2.27. The fraction of sp³-hybridized carbons (Fsp3) is 0.458. The van der Waals surface area contributed by atoms with Crippen LogP contribution >= 0.6 is 0 Å². The highest BCUT2D eigenvalue weighted by molar-refractivity contribution is 7.90. The van der Waals surface area contributed by atoms with E-state index in [1.54, 1.807) is 26.3 Å². The molecule has 0 aliphatic heterocycles. The van der Waals surface area contributed by atoms with Crippen molar-refractivity contribution in [2.75, 3.05) is 20.4 Å². The molecule has 174 valence electrons. The van der Waals surface area contributed by atoms with Crippen molar-refractivity contribution >= 4 is 15.9 Å². The maximum Gasteiger partial charge on any atom is 0.407 e. The minimum Gasteiger partial charge on any atom is -0.496 e. The van der Waals surface area contributed by atoms with Crippen LogP contribution in [-0.4, -0.2) is 57.0 Å². The second kappa shape index (κ2) is 9.92. The molecule has 32 heavy (non-hydrogen) atoms. The molecule has 0 radical (unpaired) electrons. The molecule has 1 atom stereocenters. The van der Waals surface area contributed by atoms with Crippen molar-refractivity contribution < 1.29 is 23.1 Å². The number of nitrogens with one attached hydrogen (secondary N) is 1. The van der Waals surface area contributed by atoms with Crippen LogP contribution in [0, 0.1) is 0 Å². The molecule has 8 heteroatoms. The van der Waals surface area contributed by atoms with E-state index in [4.69, 9.17) is 4.74 Å². The molecule has 2 aromatic rings. The van der Waals surface area contributed by atoms with Gasteiger partial charge in [-0.3, -0.25) is 0 Å². The van der Waals surface area contributed by atoms with E-state index in [0.29, 0.717) is 10.9 Å². The average Bonchev–Trinajstić information content (AvgIpc) is 2.78. The molecule has 1 amide bonds. The first-order valence-corrected chi connectivity index (χ1v) is 12.7. The minimum atomic E-state index is -3.23. The van der Waals surface area contributed by atoms with E-state index in [-0.39, 0.29) is 12.1 Å². The van der Waals surface area contributed by atoms with Gasteiger partial charge in [0.1, 0.15) is 5.75 Å². The number of hydrogen-bond acceptors (Lipinski definition) is 5. The Morgan fingerprint density at radius 1 is 1.09 bits per heavy atom. The molecule has 2 aromatic carbocycles. The van der Waals surface area contributed by atoms with Gasteiger partial charge in [-0.1, -0.05) is 18.2 Å². The number of sulfone groups is 1. The van der Waals surface area contributed by atoms with E-state index in [9.17, 15) is 18.3 Å². The van der Waals surface area contributed by atoms with E-state index in [1.807, 2.05) is 24.3 Å².